The van der Waals surface area contributed by atoms with Gasteiger partial charge in [-0.1, -0.05) is 35.2 Å². The highest BCUT2D eigenvalue weighted by atomic mass is 32.2. The zero-order valence-electron chi connectivity index (χ0n) is 17.2. The normalized spacial score (nSPS) is 10.5. The predicted octanol–water partition coefficient (Wildman–Crippen LogP) is 4.82. The molecule has 0 aliphatic carbocycles. The number of hydrogen-bond acceptors (Lipinski definition) is 8. The molecule has 1 heterocycles. The second-order valence-electron chi connectivity index (χ2n) is 6.22. The van der Waals surface area contributed by atoms with E-state index < -0.39 is 0 Å². The van der Waals surface area contributed by atoms with Gasteiger partial charge in [-0.25, -0.2) is 4.39 Å². The molecule has 1 aromatic heterocycles. The predicted molar refractivity (Wildman–Crippen MR) is 122 cm³/mol. The Labute approximate surface area is 188 Å². The number of nitrogens with zero attached hydrogens (tertiary/aromatic N) is 2. The number of halogens is 1. The summed E-state index contributed by atoms with van der Waals surface area (Å²) in [5.41, 5.74) is 1.57. The lowest BCUT2D eigenvalue weighted by atomic mass is 10.2. The highest BCUT2D eigenvalue weighted by molar-refractivity contribution is 8.01. The van der Waals surface area contributed by atoms with Gasteiger partial charge >= 0.3 is 0 Å². The van der Waals surface area contributed by atoms with Crippen molar-refractivity contribution in [3.63, 3.8) is 0 Å². The number of aromatic nitrogens is 2. The summed E-state index contributed by atoms with van der Waals surface area (Å²) in [6, 6.07) is 11.6. The molecule has 0 aliphatic heterocycles. The van der Waals surface area contributed by atoms with Gasteiger partial charge in [-0.2, -0.15) is 0 Å². The first kappa shape index (κ1) is 22.8. The highest BCUT2D eigenvalue weighted by Crippen LogP contribution is 2.31. The second kappa shape index (κ2) is 11.5. The number of carbonyl (C=O) groups excluding carboxylic acids is 1. The lowest BCUT2D eigenvalue weighted by Crippen LogP contribution is -2.14. The van der Waals surface area contributed by atoms with Crippen molar-refractivity contribution in [1.29, 1.82) is 0 Å². The number of carbonyl (C=O) groups is 1. The molecular formula is C21H23FN4O3S2. The maximum Gasteiger partial charge on any atom is 0.234 e. The van der Waals surface area contributed by atoms with E-state index in [9.17, 15) is 9.18 Å². The Morgan fingerprint density at radius 1 is 1.06 bits per heavy atom. The molecule has 3 rings (SSSR count). The lowest BCUT2D eigenvalue weighted by Gasteiger charge is -2.12. The third-order valence-electron chi connectivity index (χ3n) is 3.92. The molecule has 164 valence electrons. The fraction of sp³-hybridized carbons (Fsp3) is 0.286. The van der Waals surface area contributed by atoms with Crippen LogP contribution in [0.3, 0.4) is 0 Å². The number of hydrogen-bond donors (Lipinski definition) is 2. The summed E-state index contributed by atoms with van der Waals surface area (Å²) in [7, 11) is 0. The van der Waals surface area contributed by atoms with E-state index in [1.54, 1.807) is 30.3 Å². The topological polar surface area (TPSA) is 85.4 Å². The summed E-state index contributed by atoms with van der Waals surface area (Å²) in [5.74, 6) is 1.01. The van der Waals surface area contributed by atoms with Crippen molar-refractivity contribution in [1.82, 2.24) is 10.2 Å². The van der Waals surface area contributed by atoms with Gasteiger partial charge in [-0.15, -0.1) is 10.2 Å². The Bertz CT molecular complexity index is 999. The van der Waals surface area contributed by atoms with Gasteiger partial charge in [0.15, 0.2) is 15.8 Å². The number of ether oxygens (including phenoxy) is 2. The Morgan fingerprint density at radius 3 is 2.55 bits per heavy atom. The van der Waals surface area contributed by atoms with Crippen molar-refractivity contribution in [3.8, 4) is 11.5 Å². The van der Waals surface area contributed by atoms with E-state index in [1.807, 2.05) is 13.8 Å². The van der Waals surface area contributed by atoms with Crippen molar-refractivity contribution in [3.05, 3.63) is 53.8 Å². The van der Waals surface area contributed by atoms with E-state index in [-0.39, 0.29) is 17.5 Å². The molecular weight excluding hydrogens is 439 g/mol. The molecule has 0 radical (unpaired) electrons. The fourth-order valence-electron chi connectivity index (χ4n) is 2.57. The number of benzene rings is 2. The van der Waals surface area contributed by atoms with Crippen LogP contribution in [0.1, 0.15) is 19.4 Å². The van der Waals surface area contributed by atoms with Gasteiger partial charge in [-0.3, -0.25) is 4.79 Å². The minimum absolute atomic E-state index is 0.160. The Morgan fingerprint density at radius 2 is 1.81 bits per heavy atom. The van der Waals surface area contributed by atoms with Crippen LogP contribution in [0, 0.1) is 5.82 Å². The molecule has 0 fully saturated rings. The summed E-state index contributed by atoms with van der Waals surface area (Å²) in [6.07, 6.45) is 0. The largest absolute Gasteiger partial charge is 0.490 e. The number of amides is 1. The highest BCUT2D eigenvalue weighted by Gasteiger charge is 2.11. The molecule has 10 heteroatoms. The van der Waals surface area contributed by atoms with E-state index in [4.69, 9.17) is 9.47 Å². The molecule has 2 aromatic carbocycles. The van der Waals surface area contributed by atoms with Gasteiger partial charge < -0.3 is 20.1 Å². The minimum Gasteiger partial charge on any atom is -0.490 e. The van der Waals surface area contributed by atoms with E-state index in [2.05, 4.69) is 20.8 Å². The maximum atomic E-state index is 13.0. The van der Waals surface area contributed by atoms with E-state index in [0.717, 1.165) is 5.56 Å². The third-order valence-corrected chi connectivity index (χ3v) is 5.93. The van der Waals surface area contributed by atoms with Crippen molar-refractivity contribution in [2.75, 3.05) is 29.6 Å². The van der Waals surface area contributed by atoms with Crippen LogP contribution in [0.2, 0.25) is 0 Å². The fourth-order valence-corrected chi connectivity index (χ4v) is 4.12. The van der Waals surface area contributed by atoms with Crippen LogP contribution in [0.4, 0.5) is 15.2 Å². The molecule has 0 saturated heterocycles. The van der Waals surface area contributed by atoms with Gasteiger partial charge in [0.2, 0.25) is 11.0 Å². The molecule has 0 bridgehead atoms. The molecule has 1 amide bonds. The minimum atomic E-state index is -0.268. The quantitative estimate of drug-likeness (QED) is 0.395. The van der Waals surface area contributed by atoms with Crippen LogP contribution >= 0.6 is 23.1 Å². The van der Waals surface area contributed by atoms with Crippen LogP contribution < -0.4 is 20.1 Å². The summed E-state index contributed by atoms with van der Waals surface area (Å²) < 4.78 is 24.7. The summed E-state index contributed by atoms with van der Waals surface area (Å²) in [5, 5.41) is 14.8. The van der Waals surface area contributed by atoms with Crippen LogP contribution in [-0.2, 0) is 11.3 Å². The first-order valence-electron chi connectivity index (χ1n) is 9.71. The molecule has 7 nitrogen and oxygen atoms in total. The Kier molecular flexibility index (Phi) is 8.48. The Balaban J connectivity index is 1.48. The molecule has 0 aliphatic rings. The number of thioether (sulfide) groups is 1. The van der Waals surface area contributed by atoms with Gasteiger partial charge in [0.25, 0.3) is 0 Å². The van der Waals surface area contributed by atoms with Crippen molar-refractivity contribution in [2.45, 2.75) is 24.7 Å². The average Bonchev–Trinajstić information content (AvgIpc) is 3.22. The standard InChI is InChI=1S/C21H23FN4O3S2/c1-3-28-17-10-9-16(11-18(17)29-4-2)24-19(27)13-30-21-26-25-20(31-21)23-12-14-5-7-15(22)8-6-14/h5-11H,3-4,12-13H2,1-2H3,(H,23,25)(H,24,27). The molecule has 31 heavy (non-hydrogen) atoms. The van der Waals surface area contributed by atoms with Crippen molar-refractivity contribution >= 4 is 39.8 Å². The van der Waals surface area contributed by atoms with Gasteiger partial charge in [-0.05, 0) is 43.7 Å². The van der Waals surface area contributed by atoms with Crippen molar-refractivity contribution < 1.29 is 18.7 Å². The smallest absolute Gasteiger partial charge is 0.234 e. The van der Waals surface area contributed by atoms with Gasteiger partial charge in [0.1, 0.15) is 5.82 Å². The second-order valence-corrected chi connectivity index (χ2v) is 8.42. The first-order chi connectivity index (χ1) is 15.1. The third kappa shape index (κ3) is 7.11. The summed E-state index contributed by atoms with van der Waals surface area (Å²) >= 11 is 2.66. The molecule has 3 aromatic rings. The molecule has 0 atom stereocenters. The number of rotatable bonds is 11. The van der Waals surface area contributed by atoms with Crippen LogP contribution in [0.15, 0.2) is 46.8 Å². The molecule has 2 N–H and O–H groups in total. The van der Waals surface area contributed by atoms with Crippen LogP contribution in [-0.4, -0.2) is 35.1 Å². The van der Waals surface area contributed by atoms with Gasteiger partial charge in [0.05, 0.1) is 19.0 Å². The van der Waals surface area contributed by atoms with Gasteiger partial charge in [0, 0.05) is 18.3 Å². The first-order valence-corrected chi connectivity index (χ1v) is 11.5. The Hall–Kier alpha value is -2.85. The van der Waals surface area contributed by atoms with E-state index in [0.29, 0.717) is 46.4 Å². The van der Waals surface area contributed by atoms with E-state index >= 15 is 0 Å². The van der Waals surface area contributed by atoms with Crippen LogP contribution in [0.5, 0.6) is 11.5 Å². The SMILES string of the molecule is CCOc1ccc(NC(=O)CSc2nnc(NCc3ccc(F)cc3)s2)cc1OCC. The average molecular weight is 463 g/mol. The zero-order valence-corrected chi connectivity index (χ0v) is 18.8. The van der Waals surface area contributed by atoms with Crippen LogP contribution in [0.25, 0.3) is 0 Å². The molecule has 0 unspecified atom stereocenters. The van der Waals surface area contributed by atoms with E-state index in [1.165, 1.54) is 35.2 Å². The lowest BCUT2D eigenvalue weighted by molar-refractivity contribution is -0.113. The number of nitrogens with one attached hydrogen (secondary N) is 2. The number of anilines is 2. The molecule has 0 spiro atoms. The summed E-state index contributed by atoms with van der Waals surface area (Å²) in [4.78, 5) is 12.3. The van der Waals surface area contributed by atoms with Crippen molar-refractivity contribution in [2.24, 2.45) is 0 Å². The summed E-state index contributed by atoms with van der Waals surface area (Å²) in [6.45, 7) is 5.34. The zero-order chi connectivity index (χ0) is 22.1. The monoisotopic (exact) mass is 462 g/mol. The molecule has 0 saturated carbocycles. The maximum absolute atomic E-state index is 13.0.